The highest BCUT2D eigenvalue weighted by molar-refractivity contribution is 5.54. The van der Waals surface area contributed by atoms with E-state index in [1.807, 2.05) is 6.07 Å². The van der Waals surface area contributed by atoms with Gasteiger partial charge in [0.25, 0.3) is 0 Å². The SMILES string of the molecule is CCCNCc1cc(F)ccc1N(C)C1CCCN(C)C1. The summed E-state index contributed by atoms with van der Waals surface area (Å²) >= 11 is 0. The molecule has 3 nitrogen and oxygen atoms in total. The zero-order valence-corrected chi connectivity index (χ0v) is 13.5. The Labute approximate surface area is 128 Å². The van der Waals surface area contributed by atoms with Crippen LogP contribution in [0.3, 0.4) is 0 Å². The summed E-state index contributed by atoms with van der Waals surface area (Å²) in [5.74, 6) is -0.152. The maximum atomic E-state index is 13.6. The van der Waals surface area contributed by atoms with Crippen LogP contribution in [0.2, 0.25) is 0 Å². The number of halogens is 1. The Kier molecular flexibility index (Phi) is 6.00. The van der Waals surface area contributed by atoms with Crippen LogP contribution in [-0.4, -0.2) is 44.7 Å². The van der Waals surface area contributed by atoms with Gasteiger partial charge in [0, 0.05) is 31.9 Å². The lowest BCUT2D eigenvalue weighted by atomic mass is 10.0. The molecule has 0 aromatic heterocycles. The van der Waals surface area contributed by atoms with E-state index in [2.05, 4.69) is 36.1 Å². The molecule has 118 valence electrons. The lowest BCUT2D eigenvalue weighted by Gasteiger charge is -2.38. The van der Waals surface area contributed by atoms with Crippen molar-refractivity contribution in [3.63, 3.8) is 0 Å². The first-order chi connectivity index (χ1) is 10.1. The molecule has 2 rings (SSSR count). The number of likely N-dealkylation sites (N-methyl/N-ethyl adjacent to an activating group) is 2. The van der Waals surface area contributed by atoms with Crippen LogP contribution in [0.1, 0.15) is 31.7 Å². The molecule has 1 saturated heterocycles. The van der Waals surface area contributed by atoms with Crippen molar-refractivity contribution in [1.82, 2.24) is 10.2 Å². The predicted octanol–water partition coefficient (Wildman–Crippen LogP) is 2.86. The van der Waals surface area contributed by atoms with Crippen LogP contribution in [-0.2, 0) is 6.54 Å². The molecule has 1 heterocycles. The van der Waals surface area contributed by atoms with Gasteiger partial charge in [0.1, 0.15) is 5.82 Å². The maximum Gasteiger partial charge on any atom is 0.123 e. The van der Waals surface area contributed by atoms with Gasteiger partial charge in [-0.1, -0.05) is 6.92 Å². The summed E-state index contributed by atoms with van der Waals surface area (Å²) in [6.07, 6.45) is 3.53. The van der Waals surface area contributed by atoms with Crippen molar-refractivity contribution in [1.29, 1.82) is 0 Å². The Balaban J connectivity index is 2.12. The van der Waals surface area contributed by atoms with Gasteiger partial charge < -0.3 is 15.1 Å². The summed E-state index contributed by atoms with van der Waals surface area (Å²) < 4.78 is 13.6. The fourth-order valence-electron chi connectivity index (χ4n) is 3.09. The lowest BCUT2D eigenvalue weighted by molar-refractivity contribution is 0.248. The Hall–Kier alpha value is -1.13. The molecule has 1 aliphatic heterocycles. The zero-order valence-electron chi connectivity index (χ0n) is 13.5. The molecule has 1 atom stereocenters. The highest BCUT2D eigenvalue weighted by Crippen LogP contribution is 2.25. The fraction of sp³-hybridized carbons (Fsp3) is 0.647. The van der Waals surface area contributed by atoms with E-state index >= 15 is 0 Å². The molecule has 0 radical (unpaired) electrons. The van der Waals surface area contributed by atoms with E-state index in [1.165, 1.54) is 19.4 Å². The minimum absolute atomic E-state index is 0.152. The second-order valence-electron chi connectivity index (χ2n) is 6.12. The normalized spacial score (nSPS) is 19.7. The second kappa shape index (κ2) is 7.76. The minimum atomic E-state index is -0.152. The molecule has 0 aliphatic carbocycles. The second-order valence-corrected chi connectivity index (χ2v) is 6.12. The fourth-order valence-corrected chi connectivity index (χ4v) is 3.09. The maximum absolute atomic E-state index is 13.6. The Bertz CT molecular complexity index is 450. The molecule has 0 spiro atoms. The number of nitrogens with zero attached hydrogens (tertiary/aromatic N) is 2. The van der Waals surface area contributed by atoms with Crippen LogP contribution in [0.4, 0.5) is 10.1 Å². The highest BCUT2D eigenvalue weighted by atomic mass is 19.1. The first-order valence-electron chi connectivity index (χ1n) is 8.02. The van der Waals surface area contributed by atoms with Crippen molar-refractivity contribution in [2.45, 2.75) is 38.8 Å². The molecule has 1 unspecified atom stereocenters. The monoisotopic (exact) mass is 293 g/mol. The van der Waals surface area contributed by atoms with Crippen LogP contribution >= 0.6 is 0 Å². The van der Waals surface area contributed by atoms with Gasteiger partial charge in [-0.25, -0.2) is 4.39 Å². The third-order valence-electron chi connectivity index (χ3n) is 4.31. The smallest absolute Gasteiger partial charge is 0.123 e. The van der Waals surface area contributed by atoms with Gasteiger partial charge in [-0.3, -0.25) is 0 Å². The topological polar surface area (TPSA) is 18.5 Å². The van der Waals surface area contributed by atoms with Gasteiger partial charge in [0.15, 0.2) is 0 Å². The number of nitrogens with one attached hydrogen (secondary N) is 1. The van der Waals surface area contributed by atoms with Crippen LogP contribution in [0.5, 0.6) is 0 Å². The first-order valence-corrected chi connectivity index (χ1v) is 8.02. The zero-order chi connectivity index (χ0) is 15.2. The number of piperidine rings is 1. The molecule has 1 aromatic rings. The summed E-state index contributed by atoms with van der Waals surface area (Å²) in [6, 6.07) is 5.68. The molecular formula is C17H28FN3. The molecular weight excluding hydrogens is 265 g/mol. The average Bonchev–Trinajstić information content (AvgIpc) is 2.47. The summed E-state index contributed by atoms with van der Waals surface area (Å²) in [5, 5.41) is 3.38. The predicted molar refractivity (Wildman–Crippen MR) is 87.3 cm³/mol. The first kappa shape index (κ1) is 16.2. The largest absolute Gasteiger partial charge is 0.370 e. The molecule has 1 aromatic carbocycles. The number of hydrogen-bond donors (Lipinski definition) is 1. The summed E-state index contributed by atoms with van der Waals surface area (Å²) in [4.78, 5) is 4.71. The molecule has 0 amide bonds. The molecule has 1 fully saturated rings. The third kappa shape index (κ3) is 4.42. The molecule has 0 saturated carbocycles. The van der Waals surface area contributed by atoms with E-state index in [1.54, 1.807) is 12.1 Å². The third-order valence-corrected chi connectivity index (χ3v) is 4.31. The van der Waals surface area contributed by atoms with Gasteiger partial charge >= 0.3 is 0 Å². The number of benzene rings is 1. The average molecular weight is 293 g/mol. The highest BCUT2D eigenvalue weighted by Gasteiger charge is 2.22. The van der Waals surface area contributed by atoms with E-state index < -0.39 is 0 Å². The molecule has 21 heavy (non-hydrogen) atoms. The van der Waals surface area contributed by atoms with Gasteiger partial charge in [0.05, 0.1) is 0 Å². The Morgan fingerprint density at radius 2 is 2.24 bits per heavy atom. The van der Waals surface area contributed by atoms with Crippen molar-refractivity contribution >= 4 is 5.69 Å². The minimum Gasteiger partial charge on any atom is -0.370 e. The number of rotatable bonds is 6. The lowest BCUT2D eigenvalue weighted by Crippen LogP contribution is -2.45. The van der Waals surface area contributed by atoms with E-state index in [4.69, 9.17) is 0 Å². The number of likely N-dealkylation sites (tertiary alicyclic amines) is 1. The quantitative estimate of drug-likeness (QED) is 0.814. The molecule has 0 bridgehead atoms. The Morgan fingerprint density at radius 1 is 1.43 bits per heavy atom. The van der Waals surface area contributed by atoms with Crippen LogP contribution < -0.4 is 10.2 Å². The van der Waals surface area contributed by atoms with E-state index in [-0.39, 0.29) is 5.82 Å². The van der Waals surface area contributed by atoms with Crippen molar-refractivity contribution in [3.8, 4) is 0 Å². The van der Waals surface area contributed by atoms with E-state index in [9.17, 15) is 4.39 Å². The van der Waals surface area contributed by atoms with Crippen LogP contribution in [0, 0.1) is 5.82 Å². The van der Waals surface area contributed by atoms with E-state index in [0.29, 0.717) is 6.04 Å². The van der Waals surface area contributed by atoms with Gasteiger partial charge in [-0.05, 0) is 63.2 Å². The summed E-state index contributed by atoms with van der Waals surface area (Å²) in [6.45, 7) is 6.09. The number of hydrogen-bond acceptors (Lipinski definition) is 3. The van der Waals surface area contributed by atoms with Crippen molar-refractivity contribution in [2.24, 2.45) is 0 Å². The van der Waals surface area contributed by atoms with Crippen LogP contribution in [0.25, 0.3) is 0 Å². The molecule has 1 N–H and O–H groups in total. The Morgan fingerprint density at radius 3 is 2.95 bits per heavy atom. The van der Waals surface area contributed by atoms with Gasteiger partial charge in [0.2, 0.25) is 0 Å². The van der Waals surface area contributed by atoms with Crippen molar-refractivity contribution in [3.05, 3.63) is 29.6 Å². The van der Waals surface area contributed by atoms with Crippen molar-refractivity contribution in [2.75, 3.05) is 38.6 Å². The standard InChI is InChI=1S/C17H28FN3/c1-4-9-19-12-14-11-15(18)7-8-17(14)21(3)16-6-5-10-20(2)13-16/h7-8,11,16,19H,4-6,9-10,12-13H2,1-3H3. The number of anilines is 1. The van der Waals surface area contributed by atoms with Crippen LogP contribution in [0.15, 0.2) is 18.2 Å². The summed E-state index contributed by atoms with van der Waals surface area (Å²) in [5.41, 5.74) is 2.21. The molecule has 4 heteroatoms. The van der Waals surface area contributed by atoms with Gasteiger partial charge in [-0.15, -0.1) is 0 Å². The van der Waals surface area contributed by atoms with Crippen molar-refractivity contribution < 1.29 is 4.39 Å². The molecule has 1 aliphatic rings. The van der Waals surface area contributed by atoms with Gasteiger partial charge in [-0.2, -0.15) is 0 Å². The summed E-state index contributed by atoms with van der Waals surface area (Å²) in [7, 11) is 4.31. The van der Waals surface area contributed by atoms with E-state index in [0.717, 1.165) is 37.3 Å².